The molecule has 8 heteroatoms. The molecule has 1 N–H and O–H groups in total. The van der Waals surface area contributed by atoms with Crippen LogP contribution >= 0.6 is 23.2 Å². The molecule has 154 valence electrons. The fraction of sp³-hybridized carbons (Fsp3) is 0.238. The molecule has 0 saturated carbocycles. The van der Waals surface area contributed by atoms with Gasteiger partial charge in [0.25, 0.3) is 0 Å². The van der Waals surface area contributed by atoms with E-state index in [0.717, 1.165) is 29.9 Å². The second kappa shape index (κ2) is 9.32. The number of hydrogen-bond donors (Lipinski definition) is 1. The van der Waals surface area contributed by atoms with Crippen molar-refractivity contribution in [2.75, 3.05) is 20.6 Å². The lowest BCUT2D eigenvalue weighted by Gasteiger charge is -2.11. The molecule has 1 heterocycles. The molecule has 29 heavy (non-hydrogen) atoms. The average molecular weight is 453 g/mol. The molecule has 0 aliphatic rings. The van der Waals surface area contributed by atoms with Gasteiger partial charge < -0.3 is 9.73 Å². The summed E-state index contributed by atoms with van der Waals surface area (Å²) in [5.41, 5.74) is 1.86. The summed E-state index contributed by atoms with van der Waals surface area (Å²) in [4.78, 5) is 0.251. The van der Waals surface area contributed by atoms with E-state index < -0.39 is 10.0 Å². The number of nitrogens with one attached hydrogen (secondary N) is 1. The van der Waals surface area contributed by atoms with E-state index in [1.54, 1.807) is 30.3 Å². The molecule has 0 bridgehead atoms. The number of nitrogens with zero attached hydrogens (tertiary/aromatic N) is 1. The minimum atomic E-state index is -3.44. The van der Waals surface area contributed by atoms with E-state index in [-0.39, 0.29) is 4.90 Å². The number of sulfonamides is 1. The Morgan fingerprint density at radius 1 is 1.00 bits per heavy atom. The maximum Gasteiger partial charge on any atom is 0.242 e. The van der Waals surface area contributed by atoms with Crippen molar-refractivity contribution in [3.8, 4) is 11.3 Å². The van der Waals surface area contributed by atoms with Gasteiger partial charge in [-0.15, -0.1) is 0 Å². The third-order valence-electron chi connectivity index (χ3n) is 4.46. The zero-order valence-electron chi connectivity index (χ0n) is 16.2. The zero-order chi connectivity index (χ0) is 21.0. The number of rotatable bonds is 8. The Labute approximate surface area is 181 Å². The van der Waals surface area contributed by atoms with Crippen LogP contribution in [0.3, 0.4) is 0 Å². The van der Waals surface area contributed by atoms with Crippen molar-refractivity contribution in [3.05, 3.63) is 76.0 Å². The molecule has 0 saturated heterocycles. The van der Waals surface area contributed by atoms with Crippen LogP contribution in [0.15, 0.2) is 63.9 Å². The van der Waals surface area contributed by atoms with E-state index >= 15 is 0 Å². The second-order valence-electron chi connectivity index (χ2n) is 6.74. The summed E-state index contributed by atoms with van der Waals surface area (Å²) in [6.07, 6.45) is 0.783. The summed E-state index contributed by atoms with van der Waals surface area (Å²) in [5.74, 6) is 1.49. The van der Waals surface area contributed by atoms with Crippen LogP contribution in [-0.2, 0) is 23.0 Å². The largest absolute Gasteiger partial charge is 0.460 e. The summed E-state index contributed by atoms with van der Waals surface area (Å²) in [5, 5.41) is 4.62. The minimum absolute atomic E-state index is 0.251. The minimum Gasteiger partial charge on any atom is -0.460 e. The van der Waals surface area contributed by atoms with Crippen LogP contribution in [0.4, 0.5) is 0 Å². The lowest BCUT2D eigenvalue weighted by Crippen LogP contribution is -2.22. The highest BCUT2D eigenvalue weighted by molar-refractivity contribution is 7.89. The first-order chi connectivity index (χ1) is 13.8. The molecule has 0 aliphatic carbocycles. The Kier molecular flexibility index (Phi) is 7.03. The maximum absolute atomic E-state index is 12.2. The first-order valence-corrected chi connectivity index (χ1v) is 11.2. The molecule has 3 rings (SSSR count). The van der Waals surface area contributed by atoms with Gasteiger partial charge in [0.1, 0.15) is 11.5 Å². The Morgan fingerprint density at radius 3 is 2.38 bits per heavy atom. The number of halogens is 2. The maximum atomic E-state index is 12.2. The van der Waals surface area contributed by atoms with Gasteiger partial charge in [0, 0.05) is 29.7 Å². The molecule has 0 aliphatic heterocycles. The van der Waals surface area contributed by atoms with Crippen LogP contribution in [-0.4, -0.2) is 33.4 Å². The van der Waals surface area contributed by atoms with Crippen molar-refractivity contribution < 1.29 is 12.8 Å². The van der Waals surface area contributed by atoms with E-state index in [4.69, 9.17) is 27.6 Å². The first-order valence-electron chi connectivity index (χ1n) is 9.03. The first kappa shape index (κ1) is 21.9. The lowest BCUT2D eigenvalue weighted by atomic mass is 10.1. The van der Waals surface area contributed by atoms with Gasteiger partial charge in [0.2, 0.25) is 10.0 Å². The summed E-state index contributed by atoms with van der Waals surface area (Å²) < 4.78 is 31.4. The SMILES string of the molecule is CN(C)S(=O)(=O)c1ccc(-c2ccc(CNCCc3ccc(Cl)cc3Cl)o2)cc1. The van der Waals surface area contributed by atoms with Gasteiger partial charge in [-0.25, -0.2) is 12.7 Å². The molecule has 0 spiro atoms. The van der Waals surface area contributed by atoms with Crippen LogP contribution < -0.4 is 5.32 Å². The molecule has 0 fully saturated rings. The van der Waals surface area contributed by atoms with Gasteiger partial charge in [-0.3, -0.25) is 0 Å². The van der Waals surface area contributed by atoms with Crippen LogP contribution in [0.1, 0.15) is 11.3 Å². The van der Waals surface area contributed by atoms with Crippen molar-refractivity contribution in [2.24, 2.45) is 0 Å². The third kappa shape index (κ3) is 5.41. The summed E-state index contributed by atoms with van der Waals surface area (Å²) >= 11 is 12.1. The number of furan rings is 1. The molecule has 0 unspecified atom stereocenters. The Morgan fingerprint density at radius 2 is 1.72 bits per heavy atom. The van der Waals surface area contributed by atoms with Crippen molar-refractivity contribution in [3.63, 3.8) is 0 Å². The van der Waals surface area contributed by atoms with E-state index in [0.29, 0.717) is 22.4 Å². The van der Waals surface area contributed by atoms with Gasteiger partial charge in [-0.05, 0) is 67.1 Å². The van der Waals surface area contributed by atoms with Crippen LogP contribution in [0.25, 0.3) is 11.3 Å². The topological polar surface area (TPSA) is 62.6 Å². The van der Waals surface area contributed by atoms with Gasteiger partial charge in [-0.2, -0.15) is 0 Å². The molecule has 0 radical (unpaired) electrons. The monoisotopic (exact) mass is 452 g/mol. The fourth-order valence-corrected chi connectivity index (χ4v) is 4.19. The van der Waals surface area contributed by atoms with Gasteiger partial charge >= 0.3 is 0 Å². The van der Waals surface area contributed by atoms with Crippen molar-refractivity contribution in [1.29, 1.82) is 0 Å². The molecule has 5 nitrogen and oxygen atoms in total. The number of hydrogen-bond acceptors (Lipinski definition) is 4. The molecule has 0 atom stereocenters. The van der Waals surface area contributed by atoms with Gasteiger partial charge in [0.15, 0.2) is 0 Å². The highest BCUT2D eigenvalue weighted by Crippen LogP contribution is 2.25. The molecule has 3 aromatic rings. The van der Waals surface area contributed by atoms with Crippen molar-refractivity contribution in [2.45, 2.75) is 17.9 Å². The Bertz CT molecular complexity index is 1080. The molecule has 2 aromatic carbocycles. The highest BCUT2D eigenvalue weighted by Gasteiger charge is 2.17. The quantitative estimate of drug-likeness (QED) is 0.496. The fourth-order valence-electron chi connectivity index (χ4n) is 2.79. The van der Waals surface area contributed by atoms with E-state index in [9.17, 15) is 8.42 Å². The number of benzene rings is 2. The van der Waals surface area contributed by atoms with Crippen LogP contribution in [0.5, 0.6) is 0 Å². The molecular formula is C21H22Cl2N2O3S. The summed E-state index contributed by atoms with van der Waals surface area (Å²) in [7, 11) is -0.418. The summed E-state index contributed by atoms with van der Waals surface area (Å²) in [6.45, 7) is 1.33. The standard InChI is InChI=1S/C21H22Cl2N2O3S/c1-25(2)29(26,27)19-8-4-16(5-9-19)21-10-7-18(28-21)14-24-12-11-15-3-6-17(22)13-20(15)23/h3-10,13,24H,11-12,14H2,1-2H3. The van der Waals surface area contributed by atoms with Gasteiger partial charge in [-0.1, -0.05) is 29.3 Å². The summed E-state index contributed by atoms with van der Waals surface area (Å²) in [6, 6.07) is 15.9. The van der Waals surface area contributed by atoms with Crippen molar-refractivity contribution in [1.82, 2.24) is 9.62 Å². The lowest BCUT2D eigenvalue weighted by molar-refractivity contribution is 0.494. The van der Waals surface area contributed by atoms with Crippen molar-refractivity contribution >= 4 is 33.2 Å². The van der Waals surface area contributed by atoms with Crippen LogP contribution in [0.2, 0.25) is 10.0 Å². The zero-order valence-corrected chi connectivity index (χ0v) is 18.5. The van der Waals surface area contributed by atoms with Gasteiger partial charge in [0.05, 0.1) is 11.4 Å². The predicted octanol–water partition coefficient (Wildman–Crippen LogP) is 4.84. The van der Waals surface area contributed by atoms with E-state index in [1.165, 1.54) is 18.4 Å². The predicted molar refractivity (Wildman–Crippen MR) is 117 cm³/mol. The second-order valence-corrected chi connectivity index (χ2v) is 9.74. The van der Waals surface area contributed by atoms with Crippen LogP contribution in [0, 0.1) is 0 Å². The Balaban J connectivity index is 1.57. The average Bonchev–Trinajstić information content (AvgIpc) is 3.15. The molecule has 1 aromatic heterocycles. The van der Waals surface area contributed by atoms with E-state index in [1.807, 2.05) is 24.3 Å². The molecular weight excluding hydrogens is 431 g/mol. The normalized spacial score (nSPS) is 11.9. The molecule has 0 amide bonds. The Hall–Kier alpha value is -1.83. The van der Waals surface area contributed by atoms with E-state index in [2.05, 4.69) is 5.32 Å². The smallest absolute Gasteiger partial charge is 0.242 e. The highest BCUT2D eigenvalue weighted by atomic mass is 35.5. The third-order valence-corrected chi connectivity index (χ3v) is 6.88.